The van der Waals surface area contributed by atoms with E-state index >= 15 is 0 Å². The molecule has 2 heterocycles. The maximum absolute atomic E-state index is 12.8. The fourth-order valence-electron chi connectivity index (χ4n) is 3.00. The minimum Gasteiger partial charge on any atom is -0.331 e. The number of imidazole rings is 1. The van der Waals surface area contributed by atoms with Gasteiger partial charge in [-0.3, -0.25) is 4.79 Å². The van der Waals surface area contributed by atoms with Crippen molar-refractivity contribution in [2.75, 3.05) is 6.54 Å². The molecular weight excluding hydrogens is 286 g/mol. The Morgan fingerprint density at radius 1 is 1.48 bits per heavy atom. The Morgan fingerprint density at radius 3 is 2.95 bits per heavy atom. The number of aromatic nitrogens is 2. The summed E-state index contributed by atoms with van der Waals surface area (Å²) in [6.45, 7) is 5.42. The second-order valence-corrected chi connectivity index (χ2v) is 6.63. The van der Waals surface area contributed by atoms with Crippen molar-refractivity contribution in [1.82, 2.24) is 14.5 Å². The van der Waals surface area contributed by atoms with Crippen LogP contribution in [-0.2, 0) is 11.3 Å². The normalized spacial score (nSPS) is 25.2. The fraction of sp³-hybridized carbons (Fsp3) is 0.500. The van der Waals surface area contributed by atoms with E-state index in [9.17, 15) is 4.79 Å². The number of carbonyl (C=O) groups excluding carboxylic acids is 1. The summed E-state index contributed by atoms with van der Waals surface area (Å²) in [4.78, 5) is 18.9. The monoisotopic (exact) mass is 305 g/mol. The second-order valence-electron chi connectivity index (χ2n) is 6.07. The van der Waals surface area contributed by atoms with Crippen LogP contribution in [0.15, 0.2) is 36.3 Å². The summed E-state index contributed by atoms with van der Waals surface area (Å²) in [6.07, 6.45) is 10.6. The summed E-state index contributed by atoms with van der Waals surface area (Å²) in [5, 5.41) is 0.0793. The summed E-state index contributed by atoms with van der Waals surface area (Å²) in [5.41, 5.74) is 2.26. The number of carbonyl (C=O) groups is 1. The fourth-order valence-corrected chi connectivity index (χ4v) is 3.16. The number of hydrogen-bond acceptors (Lipinski definition) is 2. The van der Waals surface area contributed by atoms with E-state index in [1.54, 1.807) is 6.33 Å². The van der Waals surface area contributed by atoms with Crippen molar-refractivity contribution >= 4 is 17.5 Å². The number of allylic oxidation sites excluding steroid dienone is 2. The highest BCUT2D eigenvalue weighted by molar-refractivity contribution is 6.22. The Labute approximate surface area is 130 Å². The molecule has 4 nitrogen and oxygen atoms in total. The zero-order chi connectivity index (χ0) is 15.0. The lowest BCUT2D eigenvalue weighted by atomic mass is 9.99. The largest absolute Gasteiger partial charge is 0.331 e. The molecule has 3 rings (SSSR count). The van der Waals surface area contributed by atoms with Gasteiger partial charge in [-0.15, -0.1) is 11.6 Å². The van der Waals surface area contributed by atoms with Crippen LogP contribution < -0.4 is 0 Å². The van der Waals surface area contributed by atoms with Gasteiger partial charge in [0.05, 0.1) is 23.9 Å². The number of nitrogens with zero attached hydrogens (tertiary/aromatic N) is 3. The molecule has 2 unspecified atom stereocenters. The minimum atomic E-state index is -0.148. The van der Waals surface area contributed by atoms with Gasteiger partial charge in [-0.05, 0) is 17.9 Å². The van der Waals surface area contributed by atoms with E-state index in [0.717, 1.165) is 17.7 Å². The lowest BCUT2D eigenvalue weighted by molar-refractivity contribution is -0.138. The molecule has 1 amide bonds. The van der Waals surface area contributed by atoms with Gasteiger partial charge in [0.1, 0.15) is 6.04 Å². The molecule has 1 aromatic heterocycles. The minimum absolute atomic E-state index is 0.0793. The van der Waals surface area contributed by atoms with Crippen LogP contribution in [0.25, 0.3) is 0 Å². The number of halogens is 1. The van der Waals surface area contributed by atoms with Gasteiger partial charge in [0.15, 0.2) is 0 Å². The molecule has 21 heavy (non-hydrogen) atoms. The average molecular weight is 306 g/mol. The summed E-state index contributed by atoms with van der Waals surface area (Å²) >= 11 is 6.05. The maximum Gasteiger partial charge on any atom is 0.246 e. The Morgan fingerprint density at radius 2 is 2.29 bits per heavy atom. The van der Waals surface area contributed by atoms with E-state index in [2.05, 4.69) is 24.9 Å². The molecule has 0 radical (unpaired) electrons. The highest BCUT2D eigenvalue weighted by atomic mass is 35.5. The van der Waals surface area contributed by atoms with Crippen molar-refractivity contribution < 1.29 is 4.79 Å². The second kappa shape index (κ2) is 5.68. The molecule has 1 aromatic rings. The van der Waals surface area contributed by atoms with Gasteiger partial charge < -0.3 is 9.47 Å². The number of hydrogen-bond donors (Lipinski definition) is 0. The standard InChI is InChI=1S/C16H20ClN3O/c1-11(2)15-16(21)19(9-14-7-18-10-20(14)15)8-12-3-5-13(17)6-4-12/h3-5,7,10-11,13,15H,6,8-9H2,1-2H3. The summed E-state index contributed by atoms with van der Waals surface area (Å²) in [7, 11) is 0. The summed E-state index contributed by atoms with van der Waals surface area (Å²) in [5.74, 6) is 0.425. The third-order valence-corrected chi connectivity index (χ3v) is 4.42. The van der Waals surface area contributed by atoms with E-state index in [0.29, 0.717) is 13.1 Å². The quantitative estimate of drug-likeness (QED) is 0.805. The molecule has 2 aliphatic rings. The molecule has 1 aliphatic heterocycles. The van der Waals surface area contributed by atoms with Crippen LogP contribution in [0.3, 0.4) is 0 Å². The Balaban J connectivity index is 1.82. The summed E-state index contributed by atoms with van der Waals surface area (Å²) in [6, 6.07) is -0.148. The smallest absolute Gasteiger partial charge is 0.246 e. The van der Waals surface area contributed by atoms with Crippen molar-refractivity contribution in [3.63, 3.8) is 0 Å². The van der Waals surface area contributed by atoms with Gasteiger partial charge in [-0.2, -0.15) is 0 Å². The SMILES string of the molecule is CC(C)C1C(=O)N(CC2=CCC(Cl)C=C2)Cc2cncn21. The Bertz CT molecular complexity index is 602. The van der Waals surface area contributed by atoms with Gasteiger partial charge in [0.25, 0.3) is 0 Å². The highest BCUT2D eigenvalue weighted by Gasteiger charge is 2.34. The van der Waals surface area contributed by atoms with Crippen molar-refractivity contribution in [1.29, 1.82) is 0 Å². The number of amides is 1. The summed E-state index contributed by atoms with van der Waals surface area (Å²) < 4.78 is 2.02. The van der Waals surface area contributed by atoms with Gasteiger partial charge in [0.2, 0.25) is 5.91 Å². The first-order valence-corrected chi connectivity index (χ1v) is 7.80. The zero-order valence-electron chi connectivity index (χ0n) is 12.4. The van der Waals surface area contributed by atoms with Crippen LogP contribution >= 0.6 is 11.6 Å². The molecular formula is C16H20ClN3O. The van der Waals surface area contributed by atoms with Gasteiger partial charge in [-0.25, -0.2) is 4.98 Å². The first-order valence-electron chi connectivity index (χ1n) is 7.37. The Kier molecular flexibility index (Phi) is 3.89. The average Bonchev–Trinajstić information content (AvgIpc) is 2.89. The number of fused-ring (bicyclic) bond motifs is 1. The molecule has 0 saturated carbocycles. The van der Waals surface area contributed by atoms with Gasteiger partial charge in [-0.1, -0.05) is 32.1 Å². The highest BCUT2D eigenvalue weighted by Crippen LogP contribution is 2.29. The molecule has 0 fully saturated rings. The van der Waals surface area contributed by atoms with Gasteiger partial charge >= 0.3 is 0 Å². The molecule has 0 saturated heterocycles. The van der Waals surface area contributed by atoms with Crippen LogP contribution in [0.4, 0.5) is 0 Å². The molecule has 5 heteroatoms. The molecule has 2 atom stereocenters. The third-order valence-electron chi connectivity index (χ3n) is 4.09. The third kappa shape index (κ3) is 2.77. The first kappa shape index (κ1) is 14.4. The van der Waals surface area contributed by atoms with Crippen LogP contribution in [-0.4, -0.2) is 32.3 Å². The van der Waals surface area contributed by atoms with Crippen LogP contribution in [0, 0.1) is 5.92 Å². The van der Waals surface area contributed by atoms with Crippen LogP contribution in [0.1, 0.15) is 32.0 Å². The van der Waals surface area contributed by atoms with Crippen molar-refractivity contribution in [3.8, 4) is 0 Å². The van der Waals surface area contributed by atoms with Crippen molar-refractivity contribution in [3.05, 3.63) is 42.0 Å². The lowest BCUT2D eigenvalue weighted by Crippen LogP contribution is -2.44. The molecule has 0 bridgehead atoms. The topological polar surface area (TPSA) is 38.1 Å². The lowest BCUT2D eigenvalue weighted by Gasteiger charge is -2.36. The number of alkyl halides is 1. The number of rotatable bonds is 3. The van der Waals surface area contributed by atoms with Crippen LogP contribution in [0.5, 0.6) is 0 Å². The molecule has 1 aliphatic carbocycles. The van der Waals surface area contributed by atoms with E-state index in [4.69, 9.17) is 11.6 Å². The van der Waals surface area contributed by atoms with Crippen molar-refractivity contribution in [2.45, 2.75) is 38.2 Å². The van der Waals surface area contributed by atoms with Gasteiger partial charge in [0, 0.05) is 12.7 Å². The van der Waals surface area contributed by atoms with E-state index in [-0.39, 0.29) is 23.2 Å². The molecule has 0 aromatic carbocycles. The predicted molar refractivity (Wildman–Crippen MR) is 83.0 cm³/mol. The molecule has 112 valence electrons. The van der Waals surface area contributed by atoms with E-state index in [1.165, 1.54) is 0 Å². The first-order chi connectivity index (χ1) is 10.1. The van der Waals surface area contributed by atoms with Crippen LogP contribution in [0.2, 0.25) is 0 Å². The predicted octanol–water partition coefficient (Wildman–Crippen LogP) is 2.92. The maximum atomic E-state index is 12.8. The molecule has 0 spiro atoms. The van der Waals surface area contributed by atoms with E-state index in [1.807, 2.05) is 27.8 Å². The van der Waals surface area contributed by atoms with E-state index < -0.39 is 0 Å². The Hall–Kier alpha value is -1.55. The molecule has 0 N–H and O–H groups in total. The van der Waals surface area contributed by atoms with Crippen molar-refractivity contribution in [2.24, 2.45) is 5.92 Å². The zero-order valence-corrected chi connectivity index (χ0v) is 13.1.